The third-order valence-corrected chi connectivity index (χ3v) is 6.96. The number of furan rings is 1. The standard InChI is InChI=1S/C31H18N2O/c1-2-8-19(9-3-1)20-14-15-22-25-17-28-24(18-30(25)34-29(22)16-20)21-10-4-5-11-23(21)31-32-26-12-6-7-13-27(26)33(28)31/h1-18H. The summed E-state index contributed by atoms with van der Waals surface area (Å²) in [5.41, 5.74) is 8.41. The Bertz CT molecular complexity index is 2060. The Kier molecular flexibility index (Phi) is 3.39. The molecular formula is C31H18N2O. The molecule has 34 heavy (non-hydrogen) atoms. The van der Waals surface area contributed by atoms with Crippen molar-refractivity contribution >= 4 is 60.3 Å². The lowest BCUT2D eigenvalue weighted by atomic mass is 10.0. The largest absolute Gasteiger partial charge is 0.456 e. The predicted molar refractivity (Wildman–Crippen MR) is 140 cm³/mol. The van der Waals surface area contributed by atoms with Crippen LogP contribution in [0, 0.1) is 0 Å². The quantitative estimate of drug-likeness (QED) is 0.243. The lowest BCUT2D eigenvalue weighted by molar-refractivity contribution is 0.669. The van der Waals surface area contributed by atoms with Crippen LogP contribution in [0.2, 0.25) is 0 Å². The summed E-state index contributed by atoms with van der Waals surface area (Å²) in [4.78, 5) is 5.01. The van der Waals surface area contributed by atoms with Crippen molar-refractivity contribution in [3.05, 3.63) is 109 Å². The van der Waals surface area contributed by atoms with Crippen LogP contribution in [-0.4, -0.2) is 9.38 Å². The minimum Gasteiger partial charge on any atom is -0.456 e. The number of fused-ring (bicyclic) bond motifs is 11. The summed E-state index contributed by atoms with van der Waals surface area (Å²) in [7, 11) is 0. The van der Waals surface area contributed by atoms with E-state index in [1.54, 1.807) is 0 Å². The monoisotopic (exact) mass is 434 g/mol. The van der Waals surface area contributed by atoms with E-state index in [1.165, 1.54) is 16.3 Å². The zero-order chi connectivity index (χ0) is 22.2. The van der Waals surface area contributed by atoms with Gasteiger partial charge in [0.2, 0.25) is 0 Å². The highest BCUT2D eigenvalue weighted by Crippen LogP contribution is 2.38. The number of nitrogens with zero attached hydrogens (tertiary/aromatic N) is 2. The van der Waals surface area contributed by atoms with Crippen molar-refractivity contribution in [1.82, 2.24) is 9.38 Å². The molecule has 5 aromatic carbocycles. The predicted octanol–water partition coefficient (Wildman–Crippen LogP) is 8.36. The molecule has 0 aliphatic rings. The molecule has 0 N–H and O–H groups in total. The maximum Gasteiger partial charge on any atom is 0.146 e. The molecule has 3 heteroatoms. The number of para-hydroxylation sites is 2. The molecule has 0 spiro atoms. The Morgan fingerprint density at radius 2 is 1.26 bits per heavy atom. The zero-order valence-electron chi connectivity index (χ0n) is 18.2. The van der Waals surface area contributed by atoms with Gasteiger partial charge in [0, 0.05) is 21.5 Å². The Hall–Kier alpha value is -4.63. The van der Waals surface area contributed by atoms with E-state index in [2.05, 4.69) is 101 Å². The molecule has 0 aliphatic heterocycles. The van der Waals surface area contributed by atoms with E-state index < -0.39 is 0 Å². The number of pyridine rings is 1. The van der Waals surface area contributed by atoms with Gasteiger partial charge >= 0.3 is 0 Å². The van der Waals surface area contributed by atoms with Crippen molar-refractivity contribution in [2.24, 2.45) is 0 Å². The Morgan fingerprint density at radius 1 is 0.500 bits per heavy atom. The van der Waals surface area contributed by atoms with E-state index in [0.717, 1.165) is 55.1 Å². The molecule has 0 atom stereocenters. The van der Waals surface area contributed by atoms with Crippen molar-refractivity contribution in [2.45, 2.75) is 0 Å². The van der Waals surface area contributed by atoms with Gasteiger partial charge in [0.05, 0.1) is 16.6 Å². The van der Waals surface area contributed by atoms with E-state index in [-0.39, 0.29) is 0 Å². The molecule has 0 amide bonds. The second kappa shape index (κ2) is 6.46. The first kappa shape index (κ1) is 17.9. The summed E-state index contributed by atoms with van der Waals surface area (Å²) >= 11 is 0. The third kappa shape index (κ3) is 2.33. The first-order chi connectivity index (χ1) is 16.8. The molecule has 0 saturated heterocycles. The molecule has 0 radical (unpaired) electrons. The Labute approximate surface area is 194 Å². The highest BCUT2D eigenvalue weighted by Gasteiger charge is 2.16. The van der Waals surface area contributed by atoms with Crippen LogP contribution in [0.15, 0.2) is 114 Å². The third-order valence-electron chi connectivity index (χ3n) is 6.96. The van der Waals surface area contributed by atoms with E-state index in [0.29, 0.717) is 0 Å². The molecule has 8 aromatic rings. The summed E-state index contributed by atoms with van der Waals surface area (Å²) in [5, 5.41) is 5.75. The molecule has 0 aliphatic carbocycles. The minimum atomic E-state index is 0.904. The van der Waals surface area contributed by atoms with Crippen LogP contribution >= 0.6 is 0 Å². The number of rotatable bonds is 1. The van der Waals surface area contributed by atoms with Crippen LogP contribution in [0.4, 0.5) is 0 Å². The molecule has 0 bridgehead atoms. The number of imidazole rings is 1. The van der Waals surface area contributed by atoms with Crippen molar-refractivity contribution < 1.29 is 4.42 Å². The molecule has 3 aromatic heterocycles. The Morgan fingerprint density at radius 3 is 2.18 bits per heavy atom. The molecule has 158 valence electrons. The molecule has 3 nitrogen and oxygen atoms in total. The molecule has 0 saturated carbocycles. The fourth-order valence-corrected chi connectivity index (χ4v) is 5.39. The van der Waals surface area contributed by atoms with Crippen LogP contribution in [0.5, 0.6) is 0 Å². The van der Waals surface area contributed by atoms with Gasteiger partial charge < -0.3 is 4.42 Å². The first-order valence-electron chi connectivity index (χ1n) is 11.5. The van der Waals surface area contributed by atoms with Gasteiger partial charge in [-0.3, -0.25) is 4.40 Å². The minimum absolute atomic E-state index is 0.904. The highest BCUT2D eigenvalue weighted by atomic mass is 16.3. The molecule has 0 fully saturated rings. The summed E-state index contributed by atoms with van der Waals surface area (Å²) in [6, 6.07) is 38.3. The number of hydrogen-bond acceptors (Lipinski definition) is 2. The maximum atomic E-state index is 6.43. The van der Waals surface area contributed by atoms with Gasteiger partial charge in [0.15, 0.2) is 0 Å². The van der Waals surface area contributed by atoms with Gasteiger partial charge in [0.1, 0.15) is 16.8 Å². The second-order valence-corrected chi connectivity index (χ2v) is 8.85. The lowest BCUT2D eigenvalue weighted by Crippen LogP contribution is -1.91. The van der Waals surface area contributed by atoms with Crippen LogP contribution in [0.25, 0.3) is 71.4 Å². The SMILES string of the molecule is c1ccc(-c2ccc3c(c2)oc2cc4c5ccccc5c5nc6ccccc6n5c4cc23)cc1. The first-order valence-corrected chi connectivity index (χ1v) is 11.5. The Balaban J connectivity index is 1.54. The van der Waals surface area contributed by atoms with E-state index >= 15 is 0 Å². The van der Waals surface area contributed by atoms with E-state index in [4.69, 9.17) is 9.40 Å². The van der Waals surface area contributed by atoms with E-state index in [9.17, 15) is 0 Å². The van der Waals surface area contributed by atoms with Gasteiger partial charge in [-0.2, -0.15) is 0 Å². The van der Waals surface area contributed by atoms with Crippen molar-refractivity contribution in [1.29, 1.82) is 0 Å². The van der Waals surface area contributed by atoms with Crippen molar-refractivity contribution in [3.63, 3.8) is 0 Å². The fourth-order valence-electron chi connectivity index (χ4n) is 5.39. The fraction of sp³-hybridized carbons (Fsp3) is 0. The van der Waals surface area contributed by atoms with Crippen LogP contribution in [0.1, 0.15) is 0 Å². The normalized spacial score (nSPS) is 12.1. The van der Waals surface area contributed by atoms with Crippen molar-refractivity contribution in [3.8, 4) is 11.1 Å². The summed E-state index contributed by atoms with van der Waals surface area (Å²) in [5.74, 6) is 0. The van der Waals surface area contributed by atoms with Crippen LogP contribution < -0.4 is 0 Å². The lowest BCUT2D eigenvalue weighted by Gasteiger charge is -2.09. The van der Waals surface area contributed by atoms with Crippen LogP contribution in [0.3, 0.4) is 0 Å². The number of benzene rings is 5. The van der Waals surface area contributed by atoms with Crippen molar-refractivity contribution in [2.75, 3.05) is 0 Å². The molecule has 3 heterocycles. The smallest absolute Gasteiger partial charge is 0.146 e. The number of aromatic nitrogens is 2. The summed E-state index contributed by atoms with van der Waals surface area (Å²) < 4.78 is 8.72. The topological polar surface area (TPSA) is 30.4 Å². The highest BCUT2D eigenvalue weighted by molar-refractivity contribution is 6.19. The van der Waals surface area contributed by atoms with Gasteiger partial charge in [0.25, 0.3) is 0 Å². The van der Waals surface area contributed by atoms with Gasteiger partial charge in [-0.25, -0.2) is 4.98 Å². The van der Waals surface area contributed by atoms with Gasteiger partial charge in [-0.15, -0.1) is 0 Å². The van der Waals surface area contributed by atoms with E-state index in [1.807, 2.05) is 12.1 Å². The molecule has 8 rings (SSSR count). The second-order valence-electron chi connectivity index (χ2n) is 8.85. The van der Waals surface area contributed by atoms with Gasteiger partial charge in [-0.05, 0) is 52.9 Å². The van der Waals surface area contributed by atoms with Crippen LogP contribution in [-0.2, 0) is 0 Å². The maximum absolute atomic E-state index is 6.43. The summed E-state index contributed by atoms with van der Waals surface area (Å²) in [6.45, 7) is 0. The summed E-state index contributed by atoms with van der Waals surface area (Å²) in [6.07, 6.45) is 0. The van der Waals surface area contributed by atoms with Gasteiger partial charge in [-0.1, -0.05) is 72.8 Å². The molecular weight excluding hydrogens is 416 g/mol. The number of hydrogen-bond donors (Lipinski definition) is 0. The average Bonchev–Trinajstić information content (AvgIpc) is 3.46. The average molecular weight is 434 g/mol. The molecule has 0 unspecified atom stereocenters. The zero-order valence-corrected chi connectivity index (χ0v) is 18.2.